The fourth-order valence-electron chi connectivity index (χ4n) is 3.99. The highest BCUT2D eigenvalue weighted by Crippen LogP contribution is 2.40. The quantitative estimate of drug-likeness (QED) is 0.146. The number of esters is 1. The zero-order chi connectivity index (χ0) is 25.8. The van der Waals surface area contributed by atoms with E-state index in [4.69, 9.17) is 21.5 Å². The first kappa shape index (κ1) is 29.5. The third kappa shape index (κ3) is 6.95. The smallest absolute Gasteiger partial charge is 0.352 e. The summed E-state index contributed by atoms with van der Waals surface area (Å²) in [7, 11) is 0. The number of carbonyl (C=O) groups excluding carboxylic acids is 2. The first-order chi connectivity index (χ1) is 17.0. The largest absolute Gasteiger partial charge is 0.463 e. The van der Waals surface area contributed by atoms with E-state index in [-0.39, 0.29) is 24.2 Å². The molecule has 1 atom stereocenters. The molecule has 3 aliphatic heterocycles. The van der Waals surface area contributed by atoms with E-state index in [0.717, 1.165) is 0 Å². The molecule has 0 N–H and O–H groups in total. The molecule has 1 unspecified atom stereocenters. The SMILES string of the molecule is CC.CCOC(=O)C(OC=O)c1cc2n(c(=O)c1C#N)CCC21OCCO1.IOSN1CCCC1. The third-order valence-corrected chi connectivity index (χ3v) is 6.54. The molecule has 1 aromatic heterocycles. The molecule has 35 heavy (non-hydrogen) atoms. The molecule has 0 saturated carbocycles. The van der Waals surface area contributed by atoms with Gasteiger partial charge in [-0.1, -0.05) is 13.8 Å². The Morgan fingerprint density at radius 2 is 1.97 bits per heavy atom. The van der Waals surface area contributed by atoms with Crippen LogP contribution in [0.5, 0.6) is 0 Å². The van der Waals surface area contributed by atoms with Gasteiger partial charge in [-0.25, -0.2) is 11.6 Å². The number of hydrogen-bond acceptors (Lipinski definition) is 11. The fourth-order valence-corrected chi connectivity index (χ4v) is 5.16. The van der Waals surface area contributed by atoms with Gasteiger partial charge in [-0.05, 0) is 25.8 Å². The van der Waals surface area contributed by atoms with Gasteiger partial charge in [-0.3, -0.25) is 9.59 Å². The molecule has 13 heteroatoms. The van der Waals surface area contributed by atoms with Crippen molar-refractivity contribution in [3.8, 4) is 6.07 Å². The van der Waals surface area contributed by atoms with Crippen LogP contribution in [0.4, 0.5) is 0 Å². The molecule has 2 fully saturated rings. The highest BCUT2D eigenvalue weighted by molar-refractivity contribution is 14.1. The lowest BCUT2D eigenvalue weighted by Crippen LogP contribution is -2.31. The van der Waals surface area contributed by atoms with Crippen molar-refractivity contribution in [2.45, 2.75) is 58.5 Å². The predicted octanol–water partition coefficient (Wildman–Crippen LogP) is 3.14. The van der Waals surface area contributed by atoms with Gasteiger partial charge in [0, 0.05) is 31.6 Å². The zero-order valence-corrected chi connectivity index (χ0v) is 23.0. The van der Waals surface area contributed by atoms with Gasteiger partial charge in [0.05, 0.1) is 37.7 Å². The fraction of sp³-hybridized carbons (Fsp3) is 0.636. The van der Waals surface area contributed by atoms with Crippen molar-refractivity contribution >= 4 is 47.7 Å². The molecule has 11 nitrogen and oxygen atoms in total. The number of nitriles is 1. The maximum Gasteiger partial charge on any atom is 0.352 e. The van der Waals surface area contributed by atoms with Crippen molar-refractivity contribution in [2.24, 2.45) is 0 Å². The standard InChI is InChI=1S/C16H16N2O7.C4H8INOS.C2H6/c1-2-22-15(21)13(23-9-19)10-7-12-16(24-5-6-25-16)3-4-18(12)14(20)11(10)8-17;5-7-8-6-3-1-2-4-6;1-2/h7,9,13H,2-6H2,1H3;1-4H2;1-2H3. The van der Waals surface area contributed by atoms with Gasteiger partial charge in [0.1, 0.15) is 34.6 Å². The summed E-state index contributed by atoms with van der Waals surface area (Å²) in [5, 5.41) is 9.39. The van der Waals surface area contributed by atoms with Crippen LogP contribution in [-0.2, 0) is 43.4 Å². The van der Waals surface area contributed by atoms with Gasteiger partial charge < -0.3 is 23.5 Å². The van der Waals surface area contributed by atoms with Crippen LogP contribution in [0.3, 0.4) is 0 Å². The van der Waals surface area contributed by atoms with Gasteiger partial charge in [0.25, 0.3) is 12.0 Å². The summed E-state index contributed by atoms with van der Waals surface area (Å²) in [5.74, 6) is -1.95. The number of fused-ring (bicyclic) bond motifs is 2. The Bertz CT molecular complexity index is 955. The van der Waals surface area contributed by atoms with E-state index in [1.807, 2.05) is 36.9 Å². The molecule has 1 spiro atoms. The maximum atomic E-state index is 12.7. The summed E-state index contributed by atoms with van der Waals surface area (Å²) in [6.07, 6.45) is 1.56. The highest BCUT2D eigenvalue weighted by Gasteiger charge is 2.46. The van der Waals surface area contributed by atoms with Crippen molar-refractivity contribution in [3.63, 3.8) is 0 Å². The molecular weight excluding hydrogens is 593 g/mol. The van der Waals surface area contributed by atoms with Gasteiger partial charge in [-0.15, -0.1) is 0 Å². The normalized spacial score (nSPS) is 18.4. The van der Waals surface area contributed by atoms with Crippen molar-refractivity contribution in [2.75, 3.05) is 32.9 Å². The number of nitrogens with zero attached hydrogens (tertiary/aromatic N) is 3. The van der Waals surface area contributed by atoms with Gasteiger partial charge >= 0.3 is 5.97 Å². The van der Waals surface area contributed by atoms with E-state index in [0.29, 0.717) is 31.9 Å². The van der Waals surface area contributed by atoms with E-state index >= 15 is 0 Å². The summed E-state index contributed by atoms with van der Waals surface area (Å²) in [5.41, 5.74) is -0.508. The molecule has 3 aliphatic rings. The van der Waals surface area contributed by atoms with Crippen LogP contribution in [0.1, 0.15) is 63.0 Å². The van der Waals surface area contributed by atoms with Crippen LogP contribution in [0.15, 0.2) is 10.9 Å². The Kier molecular flexibility index (Phi) is 12.5. The predicted molar refractivity (Wildman–Crippen MR) is 135 cm³/mol. The monoisotopic (exact) mass is 623 g/mol. The van der Waals surface area contributed by atoms with Gasteiger partial charge in [0.2, 0.25) is 11.9 Å². The van der Waals surface area contributed by atoms with Crippen LogP contribution < -0.4 is 5.56 Å². The molecule has 0 aliphatic carbocycles. The zero-order valence-electron chi connectivity index (χ0n) is 20.0. The number of carbonyl (C=O) groups is 2. The molecule has 0 bridgehead atoms. The van der Waals surface area contributed by atoms with Crippen molar-refractivity contribution < 1.29 is 31.0 Å². The number of aromatic nitrogens is 1. The summed E-state index contributed by atoms with van der Waals surface area (Å²) in [6, 6.07) is 3.24. The number of rotatable bonds is 7. The molecule has 0 radical (unpaired) electrons. The third-order valence-electron chi connectivity index (χ3n) is 5.42. The van der Waals surface area contributed by atoms with E-state index < -0.39 is 23.4 Å². The highest BCUT2D eigenvalue weighted by atomic mass is 127. The Hall–Kier alpha value is -1.70. The number of hydrogen-bond donors (Lipinski definition) is 0. The van der Waals surface area contributed by atoms with E-state index in [1.54, 1.807) is 13.0 Å². The van der Waals surface area contributed by atoms with Crippen LogP contribution in [0.25, 0.3) is 0 Å². The molecule has 1 aromatic rings. The average Bonchev–Trinajstić information content (AvgIpc) is 3.63. The molecule has 0 aromatic carbocycles. The Morgan fingerprint density at radius 1 is 1.31 bits per heavy atom. The summed E-state index contributed by atoms with van der Waals surface area (Å²) < 4.78 is 29.5. The second-order valence-electron chi connectivity index (χ2n) is 7.27. The minimum atomic E-state index is -1.51. The lowest BCUT2D eigenvalue weighted by atomic mass is 10.0. The van der Waals surface area contributed by atoms with Gasteiger partial charge in [-0.2, -0.15) is 5.26 Å². The molecule has 0 amide bonds. The molecule has 4 heterocycles. The number of halogens is 1. The lowest BCUT2D eigenvalue weighted by molar-refractivity contribution is -0.164. The molecule has 4 rings (SSSR count). The Labute approximate surface area is 223 Å². The van der Waals surface area contributed by atoms with Crippen molar-refractivity contribution in [1.82, 2.24) is 8.87 Å². The van der Waals surface area contributed by atoms with E-state index in [1.165, 1.54) is 48.8 Å². The Morgan fingerprint density at radius 3 is 2.51 bits per heavy atom. The summed E-state index contributed by atoms with van der Waals surface area (Å²) in [4.78, 5) is 35.6. The summed E-state index contributed by atoms with van der Waals surface area (Å²) >= 11 is 3.36. The van der Waals surface area contributed by atoms with Gasteiger partial charge in [0.15, 0.2) is 0 Å². The molecular formula is C22H30IN3O8S. The number of ether oxygens (including phenoxy) is 4. The van der Waals surface area contributed by atoms with E-state index in [9.17, 15) is 19.6 Å². The van der Waals surface area contributed by atoms with Crippen LogP contribution in [-0.4, -0.2) is 54.2 Å². The van der Waals surface area contributed by atoms with Crippen LogP contribution in [0, 0.1) is 11.3 Å². The van der Waals surface area contributed by atoms with Crippen molar-refractivity contribution in [3.05, 3.63) is 33.2 Å². The van der Waals surface area contributed by atoms with Crippen LogP contribution in [0.2, 0.25) is 0 Å². The molecule has 2 saturated heterocycles. The second kappa shape index (κ2) is 14.8. The first-order valence-corrected chi connectivity index (χ1v) is 13.0. The topological polar surface area (TPSA) is 129 Å². The summed E-state index contributed by atoms with van der Waals surface area (Å²) in [6.45, 7) is 9.16. The first-order valence-electron chi connectivity index (χ1n) is 11.4. The van der Waals surface area contributed by atoms with E-state index in [2.05, 4.69) is 4.31 Å². The van der Waals surface area contributed by atoms with Crippen LogP contribution >= 0.6 is 35.2 Å². The maximum absolute atomic E-state index is 12.7. The minimum Gasteiger partial charge on any atom is -0.463 e. The second-order valence-corrected chi connectivity index (χ2v) is 9.14. The average molecular weight is 623 g/mol. The molecule has 194 valence electrons. The number of pyridine rings is 1. The van der Waals surface area contributed by atoms with Crippen molar-refractivity contribution in [1.29, 1.82) is 5.26 Å². The Balaban J connectivity index is 0.000000363. The lowest BCUT2D eigenvalue weighted by Gasteiger charge is -2.23. The minimum absolute atomic E-state index is 0.0373.